The van der Waals surface area contributed by atoms with Crippen molar-refractivity contribution in [2.24, 2.45) is 0 Å². The highest BCUT2D eigenvalue weighted by atomic mass is 32.2. The number of sulfone groups is 1. The molecule has 0 amide bonds. The largest absolute Gasteiger partial charge is 0.359 e. The summed E-state index contributed by atoms with van der Waals surface area (Å²) in [5, 5.41) is 0. The van der Waals surface area contributed by atoms with E-state index in [-0.39, 0.29) is 5.75 Å². The Morgan fingerprint density at radius 1 is 1.33 bits per heavy atom. The number of hydrogen-bond donors (Lipinski definition) is 0. The molecule has 1 radical (unpaired) electrons. The quantitative estimate of drug-likeness (QED) is 0.498. The molecule has 0 bridgehead atoms. The van der Waals surface area contributed by atoms with Crippen LogP contribution in [0.5, 0.6) is 0 Å². The highest BCUT2D eigenvalue weighted by Gasteiger charge is 2.14. The molecule has 1 aliphatic heterocycles. The van der Waals surface area contributed by atoms with Gasteiger partial charge in [-0.1, -0.05) is 0 Å². The summed E-state index contributed by atoms with van der Waals surface area (Å²) in [6.45, 7) is 0.541. The lowest BCUT2D eigenvalue weighted by Crippen LogP contribution is -2.03. The number of rotatable bonds is 0. The molecule has 0 N–H and O–H groups in total. The van der Waals surface area contributed by atoms with Crippen molar-refractivity contribution >= 4 is 9.84 Å². The normalized spacial score (nSPS) is 27.1. The van der Waals surface area contributed by atoms with Crippen molar-refractivity contribution < 1.29 is 13.2 Å². The fourth-order valence-electron chi connectivity index (χ4n) is 0.689. The molecule has 53 valence electrons. The maximum Gasteiger partial charge on any atom is 0.199 e. The molecule has 4 heteroatoms. The van der Waals surface area contributed by atoms with E-state index in [9.17, 15) is 8.42 Å². The molecular weight excluding hydrogens is 140 g/mol. The summed E-state index contributed by atoms with van der Waals surface area (Å²) in [6.07, 6.45) is 1.56. The molecule has 1 saturated heterocycles. The zero-order valence-corrected chi connectivity index (χ0v) is 5.86. The van der Waals surface area contributed by atoms with Gasteiger partial charge in [-0.3, -0.25) is 0 Å². The summed E-state index contributed by atoms with van der Waals surface area (Å²) in [4.78, 5) is 0. The molecule has 0 unspecified atom stereocenters. The van der Waals surface area contributed by atoms with E-state index in [0.29, 0.717) is 6.61 Å². The zero-order valence-electron chi connectivity index (χ0n) is 5.04. The van der Waals surface area contributed by atoms with Gasteiger partial charge in [0.1, 0.15) is 0 Å². The second-order valence-corrected chi connectivity index (χ2v) is 3.97. The highest BCUT2D eigenvalue weighted by molar-refractivity contribution is 7.93. The van der Waals surface area contributed by atoms with Crippen LogP contribution in [-0.2, 0) is 14.6 Å². The minimum Gasteiger partial charge on any atom is -0.359 e. The van der Waals surface area contributed by atoms with Crippen LogP contribution in [0.3, 0.4) is 0 Å². The molecule has 0 atom stereocenters. The summed E-state index contributed by atoms with van der Waals surface area (Å²) in [5.74, 6) is 1.20. The minimum atomic E-state index is -2.97. The van der Waals surface area contributed by atoms with Crippen molar-refractivity contribution in [3.63, 3.8) is 0 Å². The van der Waals surface area contributed by atoms with E-state index in [0.717, 1.165) is 18.8 Å². The predicted molar refractivity (Wildman–Crippen MR) is 33.3 cm³/mol. The van der Waals surface area contributed by atoms with Gasteiger partial charge in [-0.05, 0) is 12.8 Å². The first-order chi connectivity index (χ1) is 4.21. The molecule has 0 spiro atoms. The van der Waals surface area contributed by atoms with Crippen molar-refractivity contribution in [2.75, 3.05) is 12.4 Å². The molecule has 0 aliphatic carbocycles. The third-order valence-corrected chi connectivity index (χ3v) is 2.44. The van der Waals surface area contributed by atoms with Crippen LogP contribution in [0.25, 0.3) is 0 Å². The second-order valence-electron chi connectivity index (χ2n) is 2.04. The molecule has 9 heavy (non-hydrogen) atoms. The fourth-order valence-corrected chi connectivity index (χ4v) is 1.69. The van der Waals surface area contributed by atoms with Crippen molar-refractivity contribution in [2.45, 2.75) is 12.8 Å². The SMILES string of the molecule is O=S1(=O)[CH]OCCCC1. The van der Waals surface area contributed by atoms with Crippen molar-refractivity contribution in [1.82, 2.24) is 0 Å². The molecule has 1 rings (SSSR count). The van der Waals surface area contributed by atoms with Gasteiger partial charge in [0, 0.05) is 6.61 Å². The van der Waals surface area contributed by atoms with Gasteiger partial charge in [-0.25, -0.2) is 8.42 Å². The highest BCUT2D eigenvalue weighted by Crippen LogP contribution is 2.07. The summed E-state index contributed by atoms with van der Waals surface area (Å²) < 4.78 is 26.1. The van der Waals surface area contributed by atoms with Gasteiger partial charge in [-0.15, -0.1) is 0 Å². The first-order valence-electron chi connectivity index (χ1n) is 2.88. The van der Waals surface area contributed by atoms with Crippen LogP contribution >= 0.6 is 0 Å². The molecule has 0 aromatic heterocycles. The van der Waals surface area contributed by atoms with Gasteiger partial charge in [0.2, 0.25) is 0 Å². The summed E-state index contributed by atoms with van der Waals surface area (Å²) in [6, 6.07) is 0. The van der Waals surface area contributed by atoms with Crippen LogP contribution in [0.2, 0.25) is 0 Å². The first kappa shape index (κ1) is 7.02. The average Bonchev–Trinajstić information content (AvgIpc) is 1.92. The van der Waals surface area contributed by atoms with Crippen molar-refractivity contribution in [1.29, 1.82) is 0 Å². The van der Waals surface area contributed by atoms with E-state index in [1.54, 1.807) is 0 Å². The Hall–Kier alpha value is -0.0900. The average molecular weight is 149 g/mol. The van der Waals surface area contributed by atoms with E-state index in [1.807, 2.05) is 0 Å². The second kappa shape index (κ2) is 2.66. The third-order valence-electron chi connectivity index (χ3n) is 1.16. The lowest BCUT2D eigenvalue weighted by molar-refractivity contribution is 0.226. The van der Waals surface area contributed by atoms with Crippen LogP contribution in [-0.4, -0.2) is 20.8 Å². The molecule has 0 aromatic carbocycles. The standard InChI is InChI=1S/C5H9O3S/c6-9(7)4-2-1-3-8-5-9/h5H,1-4H2. The first-order valence-corrected chi connectivity index (χ1v) is 4.60. The molecule has 1 fully saturated rings. The van der Waals surface area contributed by atoms with Crippen LogP contribution in [0, 0.1) is 5.94 Å². The van der Waals surface area contributed by atoms with Crippen molar-refractivity contribution in [3.05, 3.63) is 5.94 Å². The molecule has 1 heterocycles. The maximum absolute atomic E-state index is 10.7. The monoisotopic (exact) mass is 149 g/mol. The predicted octanol–water partition coefficient (Wildman–Crippen LogP) is 0.331. The van der Waals surface area contributed by atoms with Gasteiger partial charge >= 0.3 is 0 Å². The Bertz CT molecular complexity index is 157. The van der Waals surface area contributed by atoms with Crippen LogP contribution < -0.4 is 0 Å². The Morgan fingerprint density at radius 3 is 2.89 bits per heavy atom. The van der Waals surface area contributed by atoms with Gasteiger partial charge < -0.3 is 4.74 Å². The molecule has 0 saturated carbocycles. The maximum atomic E-state index is 10.7. The fraction of sp³-hybridized carbons (Fsp3) is 0.800. The van der Waals surface area contributed by atoms with Gasteiger partial charge in [0.05, 0.1) is 5.75 Å². The smallest absolute Gasteiger partial charge is 0.199 e. The lowest BCUT2D eigenvalue weighted by atomic mass is 10.4. The molecular formula is C5H9O3S. The molecule has 3 nitrogen and oxygen atoms in total. The van der Waals surface area contributed by atoms with Gasteiger partial charge in [0.25, 0.3) is 0 Å². The summed E-state index contributed by atoms with van der Waals surface area (Å²) in [7, 11) is -2.97. The Kier molecular flexibility index (Phi) is 2.08. The van der Waals surface area contributed by atoms with Crippen molar-refractivity contribution in [3.8, 4) is 0 Å². The van der Waals surface area contributed by atoms with Crippen LogP contribution in [0.1, 0.15) is 12.8 Å². The van der Waals surface area contributed by atoms with E-state index < -0.39 is 9.84 Å². The summed E-state index contributed by atoms with van der Waals surface area (Å²) in [5.41, 5.74) is 0. The lowest BCUT2D eigenvalue weighted by Gasteiger charge is -1.93. The Morgan fingerprint density at radius 2 is 2.11 bits per heavy atom. The van der Waals surface area contributed by atoms with Crippen LogP contribution in [0.4, 0.5) is 0 Å². The van der Waals surface area contributed by atoms with Gasteiger partial charge in [-0.2, -0.15) is 0 Å². The zero-order chi connectivity index (χ0) is 6.74. The summed E-state index contributed by atoms with van der Waals surface area (Å²) >= 11 is 0. The molecule has 0 aromatic rings. The minimum absolute atomic E-state index is 0.243. The van der Waals surface area contributed by atoms with Gasteiger partial charge in [0.15, 0.2) is 15.8 Å². The van der Waals surface area contributed by atoms with E-state index in [4.69, 9.17) is 4.74 Å². The Labute approximate surface area is 54.9 Å². The Balaban J connectivity index is 2.56. The van der Waals surface area contributed by atoms with Crippen LogP contribution in [0.15, 0.2) is 0 Å². The van der Waals surface area contributed by atoms with E-state index in [1.165, 1.54) is 0 Å². The van der Waals surface area contributed by atoms with E-state index >= 15 is 0 Å². The van der Waals surface area contributed by atoms with E-state index in [2.05, 4.69) is 0 Å². The third kappa shape index (κ3) is 2.32. The molecule has 1 aliphatic rings. The number of ether oxygens (including phenoxy) is 1. The number of hydrogen-bond acceptors (Lipinski definition) is 3. The topological polar surface area (TPSA) is 43.4 Å².